The average Bonchev–Trinajstić information content (AvgIpc) is 2.28. The van der Waals surface area contributed by atoms with Crippen LogP contribution in [0.15, 0.2) is 0 Å². The zero-order valence-electron chi connectivity index (χ0n) is 10.6. The van der Waals surface area contributed by atoms with Crippen LogP contribution in [-0.2, 0) is 14.2 Å². The summed E-state index contributed by atoms with van der Waals surface area (Å²) in [5.74, 6) is -0.786. The quantitative estimate of drug-likeness (QED) is 0.350. The maximum Gasteiger partial charge on any atom is 0.254 e. The Morgan fingerprint density at radius 2 is 1.87 bits per heavy atom. The second kappa shape index (κ2) is 8.24. The van der Waals surface area contributed by atoms with Crippen LogP contribution in [0.4, 0.5) is 0 Å². The van der Waals surface area contributed by atoms with E-state index in [0.717, 1.165) is 35.7 Å². The van der Waals surface area contributed by atoms with Gasteiger partial charge in [-0.05, 0) is 12.5 Å². The Hall–Kier alpha value is 0.0569. The van der Waals surface area contributed by atoms with E-state index in [1.165, 1.54) is 0 Å². The zero-order chi connectivity index (χ0) is 11.7. The smallest absolute Gasteiger partial charge is 0.254 e. The molecule has 1 unspecified atom stereocenters. The van der Waals surface area contributed by atoms with Crippen LogP contribution in [0.5, 0.6) is 0 Å². The molecule has 0 amide bonds. The predicted octanol–water partition coefficient (Wildman–Crippen LogP) is 0.121. The first-order valence-electron chi connectivity index (χ1n) is 5.58. The molecule has 0 bridgehead atoms. The minimum Gasteiger partial charge on any atom is -0.375 e. The van der Waals surface area contributed by atoms with Crippen LogP contribution in [0.1, 0.15) is 19.8 Å². The maximum atomic E-state index is 5.44. The van der Waals surface area contributed by atoms with Gasteiger partial charge in [-0.25, -0.2) is 0 Å². The van der Waals surface area contributed by atoms with Gasteiger partial charge in [-0.15, -0.1) is 0 Å². The van der Waals surface area contributed by atoms with E-state index in [-0.39, 0.29) is 6.10 Å². The third kappa shape index (κ3) is 4.20. The monoisotopic (exact) mass is 235 g/mol. The minimum absolute atomic E-state index is 0.0453. The van der Waals surface area contributed by atoms with Gasteiger partial charge in [0.05, 0.1) is 0 Å². The molecule has 0 aliphatic heterocycles. The lowest BCUT2D eigenvalue weighted by Crippen LogP contribution is -2.58. The third-order valence-electron chi connectivity index (χ3n) is 2.59. The molecule has 92 valence electrons. The first kappa shape index (κ1) is 15.1. The van der Waals surface area contributed by atoms with E-state index in [2.05, 4.69) is 12.2 Å². The number of hydrogen-bond acceptors (Lipinski definition) is 4. The molecule has 0 spiro atoms. The molecule has 4 nitrogen and oxygen atoms in total. The van der Waals surface area contributed by atoms with Crippen LogP contribution in [-0.4, -0.2) is 50.1 Å². The Bertz CT molecular complexity index is 150. The molecule has 0 aliphatic carbocycles. The summed E-state index contributed by atoms with van der Waals surface area (Å²) in [6, 6.07) is 0.970. The Balaban J connectivity index is 4.40. The second-order valence-corrected chi connectivity index (χ2v) is 4.31. The van der Waals surface area contributed by atoms with E-state index in [1.807, 2.05) is 0 Å². The van der Waals surface area contributed by atoms with Crippen LogP contribution < -0.4 is 5.32 Å². The Labute approximate surface area is 96.1 Å². The average molecular weight is 235 g/mol. The van der Waals surface area contributed by atoms with Gasteiger partial charge in [-0.1, -0.05) is 13.3 Å². The van der Waals surface area contributed by atoms with Crippen molar-refractivity contribution in [2.45, 2.75) is 37.8 Å². The van der Waals surface area contributed by atoms with E-state index >= 15 is 0 Å². The van der Waals surface area contributed by atoms with Gasteiger partial charge < -0.3 is 14.2 Å². The van der Waals surface area contributed by atoms with E-state index in [0.29, 0.717) is 0 Å². The van der Waals surface area contributed by atoms with Crippen molar-refractivity contribution < 1.29 is 14.2 Å². The molecule has 0 rings (SSSR count). The molecule has 1 N–H and O–H groups in total. The molecule has 0 aliphatic rings. The Morgan fingerprint density at radius 3 is 2.20 bits per heavy atom. The normalized spacial score (nSPS) is 14.4. The number of ether oxygens (including phenoxy) is 3. The van der Waals surface area contributed by atoms with Crippen LogP contribution >= 0.6 is 0 Å². The van der Waals surface area contributed by atoms with Crippen LogP contribution in [0.2, 0.25) is 6.04 Å². The molecular weight excluding hydrogens is 210 g/mol. The van der Waals surface area contributed by atoms with Gasteiger partial charge in [0.25, 0.3) is 5.91 Å². The first-order chi connectivity index (χ1) is 7.20. The molecular formula is C10H25NO3Si. The summed E-state index contributed by atoms with van der Waals surface area (Å²) < 4.78 is 16.3. The van der Waals surface area contributed by atoms with Crippen LogP contribution in [0.3, 0.4) is 0 Å². The molecule has 0 heterocycles. The molecule has 1 atom stereocenters. The molecule has 0 aromatic carbocycles. The van der Waals surface area contributed by atoms with Crippen molar-refractivity contribution in [3.63, 3.8) is 0 Å². The number of methoxy groups -OCH3 is 3. The van der Waals surface area contributed by atoms with Crippen molar-refractivity contribution in [3.05, 3.63) is 0 Å². The number of nitrogens with one attached hydrogen (secondary N) is 1. The van der Waals surface area contributed by atoms with E-state index in [1.54, 1.807) is 21.3 Å². The fourth-order valence-corrected chi connectivity index (χ4v) is 2.51. The van der Waals surface area contributed by atoms with Crippen molar-refractivity contribution in [1.29, 1.82) is 0 Å². The van der Waals surface area contributed by atoms with E-state index in [9.17, 15) is 0 Å². The highest BCUT2D eigenvalue weighted by Crippen LogP contribution is 2.18. The predicted molar refractivity (Wildman–Crippen MR) is 65.2 cm³/mol. The molecule has 15 heavy (non-hydrogen) atoms. The van der Waals surface area contributed by atoms with E-state index < -0.39 is 5.91 Å². The highest BCUT2D eigenvalue weighted by Gasteiger charge is 2.38. The highest BCUT2D eigenvalue weighted by atomic mass is 28.1. The summed E-state index contributed by atoms with van der Waals surface area (Å²) in [7, 11) is 6.04. The molecule has 0 saturated carbocycles. The van der Waals surface area contributed by atoms with Gasteiger partial charge in [0.2, 0.25) is 0 Å². The fourth-order valence-electron chi connectivity index (χ4n) is 1.63. The summed E-state index contributed by atoms with van der Waals surface area (Å²) in [5.41, 5.74) is 0. The van der Waals surface area contributed by atoms with Crippen LogP contribution in [0.25, 0.3) is 0 Å². The van der Waals surface area contributed by atoms with Gasteiger partial charge in [0.15, 0.2) is 0 Å². The number of rotatable bonds is 9. The molecule has 0 aromatic rings. The van der Waals surface area contributed by atoms with Crippen molar-refractivity contribution in [2.24, 2.45) is 0 Å². The van der Waals surface area contributed by atoms with Crippen molar-refractivity contribution in [1.82, 2.24) is 5.32 Å². The Kier molecular flexibility index (Phi) is 8.27. The summed E-state index contributed by atoms with van der Waals surface area (Å²) in [5, 5.41) is 3.29. The lowest BCUT2D eigenvalue weighted by molar-refractivity contribution is -0.278. The summed E-state index contributed by atoms with van der Waals surface area (Å²) >= 11 is 0. The van der Waals surface area contributed by atoms with E-state index in [4.69, 9.17) is 14.2 Å². The van der Waals surface area contributed by atoms with Crippen molar-refractivity contribution in [3.8, 4) is 0 Å². The maximum absolute atomic E-state index is 5.44. The summed E-state index contributed by atoms with van der Waals surface area (Å²) in [6.07, 6.45) is 2.21. The zero-order valence-corrected chi connectivity index (χ0v) is 12.6. The number of unbranched alkanes of at least 4 members (excludes halogenated alkanes) is 1. The van der Waals surface area contributed by atoms with Gasteiger partial charge in [-0.3, -0.25) is 5.32 Å². The number of hydrogen-bond donors (Lipinski definition) is 1. The minimum atomic E-state index is -0.786. The SMILES string of the molecule is CCCCNC(OC)(OC)C(C[SiH3])OC. The van der Waals surface area contributed by atoms with Crippen molar-refractivity contribution in [2.75, 3.05) is 27.9 Å². The highest BCUT2D eigenvalue weighted by molar-refractivity contribution is 6.08. The third-order valence-corrected chi connectivity index (χ3v) is 3.33. The molecule has 0 fully saturated rings. The van der Waals surface area contributed by atoms with Gasteiger partial charge in [0, 0.05) is 38.1 Å². The topological polar surface area (TPSA) is 39.7 Å². The largest absolute Gasteiger partial charge is 0.375 e. The fraction of sp³-hybridized carbons (Fsp3) is 1.00. The van der Waals surface area contributed by atoms with Gasteiger partial charge >= 0.3 is 0 Å². The standard InChI is InChI=1S/C10H25NO3Si/c1-5-6-7-11-10(13-3,14-4)9(8-15)12-2/h9,11H,5-8H2,1-4,15H3. The first-order valence-corrected chi connectivity index (χ1v) is 7.00. The molecule has 0 aromatic heterocycles. The second-order valence-electron chi connectivity index (χ2n) is 3.49. The van der Waals surface area contributed by atoms with Crippen molar-refractivity contribution >= 4 is 10.2 Å². The van der Waals surface area contributed by atoms with Crippen LogP contribution in [0, 0.1) is 0 Å². The molecule has 0 radical (unpaired) electrons. The summed E-state index contributed by atoms with van der Waals surface area (Å²) in [6.45, 7) is 3.03. The molecule has 5 heteroatoms. The lowest BCUT2D eigenvalue weighted by Gasteiger charge is -2.37. The molecule has 0 saturated heterocycles. The van der Waals surface area contributed by atoms with Gasteiger partial charge in [-0.2, -0.15) is 0 Å². The lowest BCUT2D eigenvalue weighted by atomic mass is 10.2. The Morgan fingerprint density at radius 1 is 1.27 bits per heavy atom. The summed E-state index contributed by atoms with van der Waals surface area (Å²) in [4.78, 5) is 0. The van der Waals surface area contributed by atoms with Gasteiger partial charge in [0.1, 0.15) is 6.10 Å².